The summed E-state index contributed by atoms with van der Waals surface area (Å²) in [6, 6.07) is 10.2. The van der Waals surface area contributed by atoms with Gasteiger partial charge in [0, 0.05) is 22.4 Å². The lowest BCUT2D eigenvalue weighted by molar-refractivity contribution is 0.470. The third-order valence-corrected chi connectivity index (χ3v) is 3.76. The number of hydrogen-bond donors (Lipinski definition) is 2. The minimum atomic E-state index is 0.360. The second-order valence-electron chi connectivity index (χ2n) is 5.63. The van der Waals surface area contributed by atoms with E-state index in [1.165, 1.54) is 21.9 Å². The number of benzene rings is 2. The fourth-order valence-electron chi connectivity index (χ4n) is 2.70. The number of allylic oxidation sites excluding steroid dienone is 2. The highest BCUT2D eigenvalue weighted by Crippen LogP contribution is 2.32. The van der Waals surface area contributed by atoms with Crippen LogP contribution in [0.2, 0.25) is 0 Å². The molecule has 0 spiro atoms. The molecule has 0 atom stereocenters. The zero-order chi connectivity index (χ0) is 14.3. The number of nitrogens with one attached hydrogen (secondary N) is 1. The van der Waals surface area contributed by atoms with Gasteiger partial charge in [0.05, 0.1) is 5.52 Å². The van der Waals surface area contributed by atoms with E-state index in [0.29, 0.717) is 5.75 Å². The molecule has 1 aromatic heterocycles. The Bertz CT molecular complexity index is 820. The van der Waals surface area contributed by atoms with Crippen molar-refractivity contribution in [1.29, 1.82) is 0 Å². The third-order valence-electron chi connectivity index (χ3n) is 3.76. The van der Waals surface area contributed by atoms with E-state index in [4.69, 9.17) is 0 Å². The van der Waals surface area contributed by atoms with Gasteiger partial charge in [0.15, 0.2) is 0 Å². The Labute approximate surface area is 118 Å². The first-order valence-electron chi connectivity index (χ1n) is 6.92. The van der Waals surface area contributed by atoms with Crippen LogP contribution in [0.3, 0.4) is 0 Å². The van der Waals surface area contributed by atoms with Crippen LogP contribution in [0.4, 0.5) is 0 Å². The molecule has 0 radical (unpaired) electrons. The molecule has 0 aliphatic carbocycles. The number of aryl methyl sites for hydroxylation is 1. The van der Waals surface area contributed by atoms with Gasteiger partial charge in [0.2, 0.25) is 0 Å². The van der Waals surface area contributed by atoms with E-state index in [9.17, 15) is 5.11 Å². The molecule has 3 rings (SSSR count). The van der Waals surface area contributed by atoms with Gasteiger partial charge in [-0.3, -0.25) is 0 Å². The summed E-state index contributed by atoms with van der Waals surface area (Å²) in [6.45, 7) is 6.27. The van der Waals surface area contributed by atoms with Gasteiger partial charge in [-0.15, -0.1) is 0 Å². The molecule has 0 amide bonds. The van der Waals surface area contributed by atoms with Gasteiger partial charge in [0.25, 0.3) is 0 Å². The van der Waals surface area contributed by atoms with Crippen molar-refractivity contribution in [2.45, 2.75) is 27.2 Å². The van der Waals surface area contributed by atoms with Crippen LogP contribution in [0.5, 0.6) is 5.75 Å². The number of rotatable bonds is 2. The van der Waals surface area contributed by atoms with Crippen LogP contribution in [0.1, 0.15) is 25.0 Å². The summed E-state index contributed by atoms with van der Waals surface area (Å²) in [4.78, 5) is 3.38. The van der Waals surface area contributed by atoms with Gasteiger partial charge in [-0.25, -0.2) is 0 Å². The van der Waals surface area contributed by atoms with Crippen LogP contribution in [0.25, 0.3) is 21.8 Å². The average Bonchev–Trinajstić information content (AvgIpc) is 2.74. The second-order valence-corrected chi connectivity index (χ2v) is 5.63. The fraction of sp³-hybridized carbons (Fsp3) is 0.222. The molecule has 0 unspecified atom stereocenters. The average molecular weight is 265 g/mol. The maximum atomic E-state index is 10.2. The van der Waals surface area contributed by atoms with Gasteiger partial charge in [-0.2, -0.15) is 0 Å². The highest BCUT2D eigenvalue weighted by atomic mass is 16.3. The smallest absolute Gasteiger partial charge is 0.121 e. The molecular weight excluding hydrogens is 246 g/mol. The summed E-state index contributed by atoms with van der Waals surface area (Å²) in [5, 5.41) is 12.6. The standard InChI is InChI=1S/C18H19NO/c1-11(2)7-8-13-9-14-16(10-17(13)20)19-15-6-4-5-12(3)18(14)15/h4-7,9-10,19-20H,8H2,1-3H3. The fourth-order valence-corrected chi connectivity index (χ4v) is 2.70. The van der Waals surface area contributed by atoms with Crippen molar-refractivity contribution in [2.75, 3.05) is 0 Å². The molecule has 0 saturated carbocycles. The van der Waals surface area contributed by atoms with Crippen molar-refractivity contribution in [3.63, 3.8) is 0 Å². The van der Waals surface area contributed by atoms with Crippen molar-refractivity contribution in [1.82, 2.24) is 4.98 Å². The number of aromatic hydroxyl groups is 1. The molecule has 0 fully saturated rings. The van der Waals surface area contributed by atoms with Gasteiger partial charge in [-0.05, 0) is 50.5 Å². The van der Waals surface area contributed by atoms with E-state index in [1.807, 2.05) is 6.07 Å². The number of H-pyrrole nitrogens is 1. The maximum Gasteiger partial charge on any atom is 0.121 e. The lowest BCUT2D eigenvalue weighted by Gasteiger charge is -2.03. The SMILES string of the molecule is CC(C)=CCc1cc2c(cc1O)[nH]c1cccc(C)c12. The number of aromatic nitrogens is 1. The van der Waals surface area contributed by atoms with E-state index >= 15 is 0 Å². The van der Waals surface area contributed by atoms with E-state index in [0.717, 1.165) is 23.0 Å². The van der Waals surface area contributed by atoms with Crippen LogP contribution < -0.4 is 0 Å². The third kappa shape index (κ3) is 2.07. The quantitative estimate of drug-likeness (QED) is 0.639. The number of phenols is 1. The van der Waals surface area contributed by atoms with E-state index in [-0.39, 0.29) is 0 Å². The minimum absolute atomic E-state index is 0.360. The van der Waals surface area contributed by atoms with Gasteiger partial charge < -0.3 is 10.1 Å². The lowest BCUT2D eigenvalue weighted by Crippen LogP contribution is -1.84. The number of fused-ring (bicyclic) bond motifs is 3. The molecule has 102 valence electrons. The normalized spacial score (nSPS) is 11.2. The highest BCUT2D eigenvalue weighted by Gasteiger charge is 2.10. The lowest BCUT2D eigenvalue weighted by atomic mass is 10.0. The molecule has 20 heavy (non-hydrogen) atoms. The Hall–Kier alpha value is -2.22. The van der Waals surface area contributed by atoms with E-state index in [1.54, 1.807) is 0 Å². The van der Waals surface area contributed by atoms with Crippen molar-refractivity contribution >= 4 is 21.8 Å². The first-order chi connectivity index (χ1) is 9.56. The summed E-state index contributed by atoms with van der Waals surface area (Å²) in [5.41, 5.74) is 5.61. The Balaban J connectivity index is 2.27. The first-order valence-corrected chi connectivity index (χ1v) is 6.92. The van der Waals surface area contributed by atoms with Gasteiger partial charge in [-0.1, -0.05) is 23.8 Å². The minimum Gasteiger partial charge on any atom is -0.508 e. The van der Waals surface area contributed by atoms with Crippen LogP contribution >= 0.6 is 0 Å². The number of hydrogen-bond acceptors (Lipinski definition) is 1. The molecule has 2 heteroatoms. The molecule has 0 aliphatic rings. The predicted octanol–water partition coefficient (Wildman–Crippen LogP) is 4.84. The molecular formula is C18H19NO. The molecule has 3 aromatic rings. The Kier molecular flexibility index (Phi) is 3.01. The molecule has 2 aromatic carbocycles. The van der Waals surface area contributed by atoms with Crippen molar-refractivity contribution in [3.8, 4) is 5.75 Å². The largest absolute Gasteiger partial charge is 0.508 e. The van der Waals surface area contributed by atoms with Gasteiger partial charge >= 0.3 is 0 Å². The summed E-state index contributed by atoms with van der Waals surface area (Å²) in [7, 11) is 0. The Morgan fingerprint density at radius 1 is 1.20 bits per heavy atom. The summed E-state index contributed by atoms with van der Waals surface area (Å²) < 4.78 is 0. The van der Waals surface area contributed by atoms with Crippen LogP contribution in [0.15, 0.2) is 42.0 Å². The summed E-state index contributed by atoms with van der Waals surface area (Å²) >= 11 is 0. The van der Waals surface area contributed by atoms with Crippen molar-refractivity contribution < 1.29 is 5.11 Å². The summed E-state index contributed by atoms with van der Waals surface area (Å²) in [6.07, 6.45) is 2.91. The predicted molar refractivity (Wildman–Crippen MR) is 85.3 cm³/mol. The molecule has 0 saturated heterocycles. The Morgan fingerprint density at radius 3 is 2.75 bits per heavy atom. The molecule has 0 bridgehead atoms. The molecule has 1 heterocycles. The highest BCUT2D eigenvalue weighted by molar-refractivity contribution is 6.09. The molecule has 2 N–H and O–H groups in total. The monoisotopic (exact) mass is 265 g/mol. The molecule has 2 nitrogen and oxygen atoms in total. The number of aromatic amines is 1. The summed E-state index contributed by atoms with van der Waals surface area (Å²) in [5.74, 6) is 0.360. The Morgan fingerprint density at radius 2 is 2.00 bits per heavy atom. The van der Waals surface area contributed by atoms with Gasteiger partial charge in [0.1, 0.15) is 5.75 Å². The van der Waals surface area contributed by atoms with Crippen LogP contribution in [0, 0.1) is 6.92 Å². The zero-order valence-electron chi connectivity index (χ0n) is 12.1. The van der Waals surface area contributed by atoms with Crippen molar-refractivity contribution in [2.24, 2.45) is 0 Å². The maximum absolute atomic E-state index is 10.2. The van der Waals surface area contributed by atoms with Crippen LogP contribution in [-0.2, 0) is 6.42 Å². The van der Waals surface area contributed by atoms with E-state index < -0.39 is 0 Å². The second kappa shape index (κ2) is 4.71. The topological polar surface area (TPSA) is 36.0 Å². The number of phenolic OH excluding ortho intramolecular Hbond substituents is 1. The molecule has 0 aliphatic heterocycles. The van der Waals surface area contributed by atoms with E-state index in [2.05, 4.69) is 56.1 Å². The van der Waals surface area contributed by atoms with Crippen LogP contribution in [-0.4, -0.2) is 10.1 Å². The van der Waals surface area contributed by atoms with Crippen molar-refractivity contribution in [3.05, 3.63) is 53.1 Å². The zero-order valence-corrected chi connectivity index (χ0v) is 12.1. The first kappa shape index (κ1) is 12.8.